The molecule has 1 saturated carbocycles. The van der Waals surface area contributed by atoms with E-state index in [1.54, 1.807) is 0 Å². The van der Waals surface area contributed by atoms with Crippen molar-refractivity contribution in [2.75, 3.05) is 45.8 Å². The fourth-order valence-electron chi connectivity index (χ4n) is 3.90. The molecule has 0 radical (unpaired) electrons. The lowest BCUT2D eigenvalue weighted by atomic mass is 9.99. The van der Waals surface area contributed by atoms with Crippen LogP contribution >= 0.6 is 0 Å². The van der Waals surface area contributed by atoms with E-state index in [0.717, 1.165) is 38.0 Å². The van der Waals surface area contributed by atoms with Gasteiger partial charge >= 0.3 is 0 Å². The van der Waals surface area contributed by atoms with Crippen LogP contribution in [-0.4, -0.2) is 72.9 Å². The molecule has 0 aromatic rings. The van der Waals surface area contributed by atoms with Crippen molar-refractivity contribution in [1.82, 2.24) is 15.1 Å². The first-order chi connectivity index (χ1) is 10.7. The molecule has 0 bridgehead atoms. The molecule has 22 heavy (non-hydrogen) atoms. The lowest BCUT2D eigenvalue weighted by molar-refractivity contribution is 0.0854. The topological polar surface area (TPSA) is 38.7 Å². The normalized spacial score (nSPS) is 28.1. The van der Waals surface area contributed by atoms with Crippen molar-refractivity contribution in [3.05, 3.63) is 0 Å². The molecule has 0 amide bonds. The Labute approximate surface area is 136 Å². The monoisotopic (exact) mass is 309 g/mol. The summed E-state index contributed by atoms with van der Waals surface area (Å²) in [7, 11) is 0. The van der Waals surface area contributed by atoms with Crippen LogP contribution in [0.5, 0.6) is 0 Å². The highest BCUT2D eigenvalue weighted by Crippen LogP contribution is 2.30. The van der Waals surface area contributed by atoms with Gasteiger partial charge in [-0.1, -0.05) is 6.92 Å². The number of aliphatic hydroxyl groups is 1. The van der Waals surface area contributed by atoms with E-state index >= 15 is 0 Å². The van der Waals surface area contributed by atoms with Crippen molar-refractivity contribution in [2.24, 2.45) is 11.8 Å². The predicted octanol–water partition coefficient (Wildman–Crippen LogP) is 1.54. The minimum atomic E-state index is -0.210. The van der Waals surface area contributed by atoms with Gasteiger partial charge in [0.05, 0.1) is 6.10 Å². The third-order valence-electron chi connectivity index (χ3n) is 5.79. The van der Waals surface area contributed by atoms with Crippen molar-refractivity contribution >= 4 is 0 Å². The maximum atomic E-state index is 10.3. The standard InChI is InChI=1S/C18H35N3O/c1-15-4-8-21(9-5-15)14-18(22)12-19-17-6-10-20(11-7-17)13-16-2-3-16/h15-19,22H,2-14H2,1H3. The van der Waals surface area contributed by atoms with Crippen LogP contribution in [0.2, 0.25) is 0 Å². The van der Waals surface area contributed by atoms with E-state index in [-0.39, 0.29) is 6.10 Å². The highest BCUT2D eigenvalue weighted by Gasteiger charge is 2.27. The molecule has 1 aliphatic carbocycles. The minimum Gasteiger partial charge on any atom is -0.390 e. The first kappa shape index (κ1) is 16.7. The van der Waals surface area contributed by atoms with Crippen LogP contribution in [0.25, 0.3) is 0 Å². The molecule has 0 spiro atoms. The summed E-state index contributed by atoms with van der Waals surface area (Å²) < 4.78 is 0. The van der Waals surface area contributed by atoms with E-state index in [9.17, 15) is 5.11 Å². The average molecular weight is 309 g/mol. The van der Waals surface area contributed by atoms with Crippen molar-refractivity contribution in [1.29, 1.82) is 0 Å². The van der Waals surface area contributed by atoms with Crippen molar-refractivity contribution < 1.29 is 5.11 Å². The molecule has 128 valence electrons. The van der Waals surface area contributed by atoms with Crippen LogP contribution in [0.1, 0.15) is 45.4 Å². The molecule has 0 aromatic carbocycles. The molecule has 3 aliphatic rings. The van der Waals surface area contributed by atoms with Gasteiger partial charge < -0.3 is 20.2 Å². The van der Waals surface area contributed by atoms with E-state index in [4.69, 9.17) is 0 Å². The summed E-state index contributed by atoms with van der Waals surface area (Å²) in [5.41, 5.74) is 0. The van der Waals surface area contributed by atoms with Crippen LogP contribution in [-0.2, 0) is 0 Å². The van der Waals surface area contributed by atoms with Crippen LogP contribution in [0.4, 0.5) is 0 Å². The van der Waals surface area contributed by atoms with Crippen molar-refractivity contribution in [3.8, 4) is 0 Å². The van der Waals surface area contributed by atoms with Crippen LogP contribution in [0.15, 0.2) is 0 Å². The number of nitrogens with one attached hydrogen (secondary N) is 1. The number of likely N-dealkylation sites (tertiary alicyclic amines) is 2. The van der Waals surface area contributed by atoms with Gasteiger partial charge in [0.15, 0.2) is 0 Å². The zero-order valence-corrected chi connectivity index (χ0v) is 14.3. The highest BCUT2D eigenvalue weighted by molar-refractivity contribution is 4.83. The van der Waals surface area contributed by atoms with E-state index in [0.29, 0.717) is 6.04 Å². The Bertz CT molecular complexity index is 318. The maximum absolute atomic E-state index is 10.3. The molecule has 2 saturated heterocycles. The predicted molar refractivity (Wildman–Crippen MR) is 91.0 cm³/mol. The number of hydrogen-bond acceptors (Lipinski definition) is 4. The Morgan fingerprint density at radius 2 is 1.59 bits per heavy atom. The Balaban J connectivity index is 1.26. The zero-order valence-electron chi connectivity index (χ0n) is 14.3. The molecule has 2 heterocycles. The van der Waals surface area contributed by atoms with Gasteiger partial charge in [-0.05, 0) is 76.5 Å². The quantitative estimate of drug-likeness (QED) is 0.748. The summed E-state index contributed by atoms with van der Waals surface area (Å²) in [6.45, 7) is 10.1. The second kappa shape index (κ2) is 8.09. The zero-order chi connectivity index (χ0) is 15.4. The highest BCUT2D eigenvalue weighted by atomic mass is 16.3. The third-order valence-corrected chi connectivity index (χ3v) is 5.79. The molecule has 4 heteroatoms. The molecule has 1 unspecified atom stereocenters. The second-order valence-electron chi connectivity index (χ2n) is 8.06. The van der Waals surface area contributed by atoms with Crippen molar-refractivity contribution in [3.63, 3.8) is 0 Å². The maximum Gasteiger partial charge on any atom is 0.0791 e. The number of piperidine rings is 2. The van der Waals surface area contributed by atoms with Gasteiger partial charge in [0, 0.05) is 25.7 Å². The number of β-amino-alcohol motifs (C(OH)–C–C–N with tert-alkyl or cyclic N) is 1. The molecule has 0 aromatic heterocycles. The lowest BCUT2D eigenvalue weighted by Crippen LogP contribution is -2.47. The first-order valence-corrected chi connectivity index (χ1v) is 9.55. The first-order valence-electron chi connectivity index (χ1n) is 9.55. The van der Waals surface area contributed by atoms with Gasteiger partial charge in [0.2, 0.25) is 0 Å². The molecule has 4 nitrogen and oxygen atoms in total. The van der Waals surface area contributed by atoms with Gasteiger partial charge in [-0.3, -0.25) is 0 Å². The van der Waals surface area contributed by atoms with Crippen LogP contribution < -0.4 is 5.32 Å². The fraction of sp³-hybridized carbons (Fsp3) is 1.00. The second-order valence-corrected chi connectivity index (χ2v) is 8.06. The fourth-order valence-corrected chi connectivity index (χ4v) is 3.90. The summed E-state index contributed by atoms with van der Waals surface area (Å²) >= 11 is 0. The average Bonchev–Trinajstić information content (AvgIpc) is 3.33. The molecule has 2 aliphatic heterocycles. The van der Waals surface area contributed by atoms with E-state index in [1.807, 2.05) is 0 Å². The van der Waals surface area contributed by atoms with E-state index in [2.05, 4.69) is 22.0 Å². The van der Waals surface area contributed by atoms with E-state index < -0.39 is 0 Å². The molecule has 2 N–H and O–H groups in total. The number of hydrogen-bond donors (Lipinski definition) is 2. The van der Waals surface area contributed by atoms with Gasteiger partial charge in [-0.25, -0.2) is 0 Å². The number of nitrogens with zero attached hydrogens (tertiary/aromatic N) is 2. The Hall–Kier alpha value is -0.160. The van der Waals surface area contributed by atoms with E-state index in [1.165, 1.54) is 58.2 Å². The molecule has 3 rings (SSSR count). The Morgan fingerprint density at radius 3 is 2.23 bits per heavy atom. The molecule has 3 fully saturated rings. The number of rotatable bonds is 7. The largest absolute Gasteiger partial charge is 0.390 e. The Morgan fingerprint density at radius 1 is 0.955 bits per heavy atom. The van der Waals surface area contributed by atoms with Gasteiger partial charge in [0.25, 0.3) is 0 Å². The van der Waals surface area contributed by atoms with Crippen molar-refractivity contribution in [2.45, 2.75) is 57.6 Å². The molecular weight excluding hydrogens is 274 g/mol. The summed E-state index contributed by atoms with van der Waals surface area (Å²) in [5.74, 6) is 1.88. The van der Waals surface area contributed by atoms with Gasteiger partial charge in [-0.2, -0.15) is 0 Å². The van der Waals surface area contributed by atoms with Crippen LogP contribution in [0, 0.1) is 11.8 Å². The molecule has 1 atom stereocenters. The summed E-state index contributed by atoms with van der Waals surface area (Å²) in [6.07, 6.45) is 7.79. The molecular formula is C18H35N3O. The van der Waals surface area contributed by atoms with Crippen LogP contribution in [0.3, 0.4) is 0 Å². The number of aliphatic hydroxyl groups excluding tert-OH is 1. The summed E-state index contributed by atoms with van der Waals surface area (Å²) in [4.78, 5) is 5.08. The smallest absolute Gasteiger partial charge is 0.0791 e. The lowest BCUT2D eigenvalue weighted by Gasteiger charge is -2.34. The van der Waals surface area contributed by atoms with Gasteiger partial charge in [-0.15, -0.1) is 0 Å². The SMILES string of the molecule is CC1CCN(CC(O)CNC2CCN(CC3CC3)CC2)CC1. The Kier molecular flexibility index (Phi) is 6.14. The summed E-state index contributed by atoms with van der Waals surface area (Å²) in [6, 6.07) is 0.617. The van der Waals surface area contributed by atoms with Gasteiger partial charge in [0.1, 0.15) is 0 Å². The third kappa shape index (κ3) is 5.48. The summed E-state index contributed by atoms with van der Waals surface area (Å²) in [5, 5.41) is 13.9. The minimum absolute atomic E-state index is 0.210.